The Bertz CT molecular complexity index is 1330. The number of hydrogen-bond acceptors (Lipinski definition) is 6. The van der Waals surface area contributed by atoms with Crippen molar-refractivity contribution in [1.29, 1.82) is 5.41 Å². The summed E-state index contributed by atoms with van der Waals surface area (Å²) in [6.45, 7) is 1.39. The average molecular weight is 604 g/mol. The zero-order chi connectivity index (χ0) is 29.7. The second kappa shape index (κ2) is 12.8. The van der Waals surface area contributed by atoms with Crippen molar-refractivity contribution >= 4 is 41.0 Å². The number of amides is 2. The molecule has 0 saturated carbocycles. The number of aliphatic hydroxyl groups is 1. The maximum Gasteiger partial charge on any atom is 0.416 e. The van der Waals surface area contributed by atoms with Crippen molar-refractivity contribution in [1.82, 2.24) is 25.0 Å². The Morgan fingerprint density at radius 3 is 2.40 bits per heavy atom. The smallest absolute Gasteiger partial charge is 0.382 e. The third kappa shape index (κ3) is 8.05. The minimum Gasteiger partial charge on any atom is -0.382 e. The summed E-state index contributed by atoms with van der Waals surface area (Å²) in [6, 6.07) is 11.1. The summed E-state index contributed by atoms with van der Waals surface area (Å²) in [5.41, 5.74) is -0.195. The number of carbonyl (C=O) groups excluding carboxylic acids is 1. The highest BCUT2D eigenvalue weighted by Crippen LogP contribution is 2.25. The van der Waals surface area contributed by atoms with Crippen LogP contribution in [0.5, 0.6) is 0 Å². The van der Waals surface area contributed by atoms with Gasteiger partial charge >= 0.3 is 12.2 Å². The molecule has 4 N–H and O–H groups in total. The number of nitrogens with one attached hydrogen (secondary N) is 3. The highest BCUT2D eigenvalue weighted by Gasteiger charge is 2.41. The van der Waals surface area contributed by atoms with Gasteiger partial charge in [0, 0.05) is 22.5 Å². The van der Waals surface area contributed by atoms with Crippen LogP contribution in [-0.4, -0.2) is 68.7 Å². The second-order valence-electron chi connectivity index (χ2n) is 9.55. The fraction of sp³-hybridized carbons (Fsp3) is 0.360. The number of aromatic nitrogens is 3. The van der Waals surface area contributed by atoms with E-state index in [4.69, 9.17) is 28.6 Å². The lowest BCUT2D eigenvalue weighted by Gasteiger charge is -2.26. The van der Waals surface area contributed by atoms with Gasteiger partial charge in [-0.2, -0.15) is 22.8 Å². The first kappa shape index (κ1) is 31.1. The molecule has 0 radical (unpaired) electrons. The number of amidine groups is 1. The lowest BCUT2D eigenvalue weighted by molar-refractivity contribution is -0.204. The summed E-state index contributed by atoms with van der Waals surface area (Å²) in [4.78, 5) is 17.8. The van der Waals surface area contributed by atoms with E-state index in [2.05, 4.69) is 20.7 Å². The van der Waals surface area contributed by atoms with Crippen LogP contribution in [0.3, 0.4) is 0 Å². The summed E-state index contributed by atoms with van der Waals surface area (Å²) >= 11 is 12.2. The maximum atomic E-state index is 13.4. The van der Waals surface area contributed by atoms with Gasteiger partial charge in [-0.15, -0.1) is 5.10 Å². The molecular weight excluding hydrogens is 577 g/mol. The van der Waals surface area contributed by atoms with Gasteiger partial charge in [0.1, 0.15) is 5.84 Å². The Morgan fingerprint density at radius 1 is 1.15 bits per heavy atom. The summed E-state index contributed by atoms with van der Waals surface area (Å²) in [6.07, 6.45) is -7.93. The fourth-order valence-corrected chi connectivity index (χ4v) is 3.61. The van der Waals surface area contributed by atoms with Gasteiger partial charge in [0.05, 0.1) is 30.5 Å². The Hall–Kier alpha value is -3.42. The van der Waals surface area contributed by atoms with Crippen molar-refractivity contribution in [2.24, 2.45) is 5.41 Å². The number of alkyl halides is 4. The van der Waals surface area contributed by atoms with E-state index >= 15 is 0 Å². The van der Waals surface area contributed by atoms with Crippen molar-refractivity contribution in [3.05, 3.63) is 70.0 Å². The molecule has 15 heteroatoms. The lowest BCUT2D eigenvalue weighted by Crippen LogP contribution is -2.50. The number of anilines is 1. The zero-order valence-electron chi connectivity index (χ0n) is 21.4. The number of rotatable bonds is 10. The third-order valence-electron chi connectivity index (χ3n) is 5.58. The average Bonchev–Trinajstić information content (AvgIpc) is 3.31. The van der Waals surface area contributed by atoms with Gasteiger partial charge < -0.3 is 15.7 Å². The number of halogens is 6. The van der Waals surface area contributed by atoms with E-state index in [1.165, 1.54) is 28.9 Å². The molecule has 0 bridgehead atoms. The molecule has 3 aromatic rings. The summed E-state index contributed by atoms with van der Waals surface area (Å²) in [5.74, 6) is -0.358. The van der Waals surface area contributed by atoms with Gasteiger partial charge in [-0.1, -0.05) is 49.2 Å². The number of nitrogens with zero attached hydrogens (tertiary/aromatic N) is 4. The first-order chi connectivity index (χ1) is 18.7. The molecule has 0 spiro atoms. The molecule has 1 heterocycles. The molecule has 0 aliphatic carbocycles. The number of aliphatic hydroxyl groups excluding tert-OH is 1. The van der Waals surface area contributed by atoms with Gasteiger partial charge in [0.2, 0.25) is 5.95 Å². The number of urea groups is 1. The van der Waals surface area contributed by atoms with Crippen LogP contribution in [0, 0.1) is 10.8 Å². The number of carbonyl (C=O) groups is 1. The molecule has 0 fully saturated rings. The summed E-state index contributed by atoms with van der Waals surface area (Å²) in [5, 5.41) is 28.4. The van der Waals surface area contributed by atoms with E-state index in [0.717, 1.165) is 0 Å². The van der Waals surface area contributed by atoms with E-state index in [-0.39, 0.29) is 30.4 Å². The molecular formula is C25H27Cl2F4N7O2. The molecule has 1 aromatic heterocycles. The van der Waals surface area contributed by atoms with Crippen LogP contribution in [0.1, 0.15) is 25.2 Å². The van der Waals surface area contributed by atoms with E-state index in [9.17, 15) is 27.5 Å². The predicted octanol–water partition coefficient (Wildman–Crippen LogP) is 5.44. The Morgan fingerprint density at radius 2 is 1.80 bits per heavy atom. The summed E-state index contributed by atoms with van der Waals surface area (Å²) in [7, 11) is 0. The minimum atomic E-state index is -5.03. The van der Waals surface area contributed by atoms with E-state index < -0.39 is 42.8 Å². The van der Waals surface area contributed by atoms with Crippen molar-refractivity contribution in [2.75, 3.05) is 25.1 Å². The van der Waals surface area contributed by atoms with Gasteiger partial charge in [0.25, 0.3) is 0 Å². The number of hydrogen-bond donors (Lipinski definition) is 4. The van der Waals surface area contributed by atoms with Crippen molar-refractivity contribution in [3.8, 4) is 5.69 Å². The third-order valence-corrected chi connectivity index (χ3v) is 6.15. The van der Waals surface area contributed by atoms with Crippen LogP contribution < -0.4 is 10.6 Å². The molecule has 2 aromatic carbocycles. The highest BCUT2D eigenvalue weighted by molar-refractivity contribution is 6.32. The standard InChI is InChI=1S/C25H27Cl2F4N7O2/c1-24(2,13-28)14-34-22-35-20(36-38(22)18-6-4-3-5-17(18)27)11-33-23(40)37(12-19(39)25(29,30)31)21(32)15-7-9-16(26)10-8-15/h3-10,19,32,39H,11-14H2,1-2H3,(H,33,40)(H,34,35,36)/t19-/m0/s1. The minimum absolute atomic E-state index is 0.0446. The first-order valence-corrected chi connectivity index (χ1v) is 12.6. The number of benzene rings is 2. The monoisotopic (exact) mass is 603 g/mol. The molecule has 1 atom stereocenters. The quantitative estimate of drug-likeness (QED) is 0.140. The fourth-order valence-electron chi connectivity index (χ4n) is 3.27. The van der Waals surface area contributed by atoms with Gasteiger partial charge in [-0.3, -0.25) is 14.7 Å². The van der Waals surface area contributed by atoms with E-state index in [0.29, 0.717) is 20.6 Å². The lowest BCUT2D eigenvalue weighted by atomic mass is 9.96. The van der Waals surface area contributed by atoms with Gasteiger partial charge in [-0.05, 0) is 36.4 Å². The van der Waals surface area contributed by atoms with Crippen LogP contribution in [0.4, 0.5) is 28.3 Å². The normalized spacial score (nSPS) is 12.6. The molecule has 216 valence electrons. The Balaban J connectivity index is 1.86. The van der Waals surface area contributed by atoms with Crippen LogP contribution in [-0.2, 0) is 6.54 Å². The van der Waals surface area contributed by atoms with Crippen molar-refractivity contribution in [2.45, 2.75) is 32.7 Å². The topological polar surface area (TPSA) is 119 Å². The van der Waals surface area contributed by atoms with Gasteiger partial charge in [0.15, 0.2) is 11.9 Å². The van der Waals surface area contributed by atoms with Gasteiger partial charge in [-0.25, -0.2) is 4.79 Å². The second-order valence-corrected chi connectivity index (χ2v) is 10.4. The Kier molecular flexibility index (Phi) is 9.98. The van der Waals surface area contributed by atoms with Crippen LogP contribution >= 0.6 is 23.2 Å². The molecule has 2 amide bonds. The number of para-hydroxylation sites is 1. The van der Waals surface area contributed by atoms with E-state index in [1.54, 1.807) is 38.1 Å². The van der Waals surface area contributed by atoms with E-state index in [1.807, 2.05) is 0 Å². The van der Waals surface area contributed by atoms with Crippen LogP contribution in [0.15, 0.2) is 48.5 Å². The maximum absolute atomic E-state index is 13.4. The summed E-state index contributed by atoms with van der Waals surface area (Å²) < 4.78 is 54.0. The Labute approximate surface area is 237 Å². The van der Waals surface area contributed by atoms with Crippen LogP contribution in [0.25, 0.3) is 5.69 Å². The first-order valence-electron chi connectivity index (χ1n) is 11.9. The molecule has 40 heavy (non-hydrogen) atoms. The van der Waals surface area contributed by atoms with Crippen molar-refractivity contribution < 1.29 is 27.5 Å². The largest absolute Gasteiger partial charge is 0.416 e. The molecule has 3 rings (SSSR count). The molecule has 9 nitrogen and oxygen atoms in total. The highest BCUT2D eigenvalue weighted by atomic mass is 35.5. The van der Waals surface area contributed by atoms with Crippen LogP contribution in [0.2, 0.25) is 10.0 Å². The predicted molar refractivity (Wildman–Crippen MR) is 144 cm³/mol. The molecule has 0 aliphatic rings. The molecule has 0 saturated heterocycles. The molecule has 0 unspecified atom stereocenters. The zero-order valence-corrected chi connectivity index (χ0v) is 22.9. The molecule has 0 aliphatic heterocycles. The SMILES string of the molecule is CC(C)(CF)CNc1nc(CNC(=O)N(C[C@H](O)C(F)(F)F)C(=N)c2ccc(Cl)cc2)nn1-c1ccccc1Cl. The van der Waals surface area contributed by atoms with Crippen molar-refractivity contribution in [3.63, 3.8) is 0 Å².